The Morgan fingerprint density at radius 2 is 1.53 bits per heavy atom. The van der Waals surface area contributed by atoms with E-state index in [-0.39, 0.29) is 17.7 Å². The van der Waals surface area contributed by atoms with Gasteiger partial charge in [0.15, 0.2) is 5.13 Å². The zero-order chi connectivity index (χ0) is 21.7. The molecule has 2 aromatic carbocycles. The summed E-state index contributed by atoms with van der Waals surface area (Å²) in [4.78, 5) is 40.9. The molecule has 0 saturated heterocycles. The SMILES string of the molecule is CC(C)(C)C(=O)Nc1ccc(C(=O)Nc2cccc(C(=O)Nc3nccs3)c2)cc1. The molecule has 1 heterocycles. The van der Waals surface area contributed by atoms with Gasteiger partial charge in [-0.05, 0) is 42.5 Å². The van der Waals surface area contributed by atoms with Gasteiger partial charge in [-0.1, -0.05) is 26.8 Å². The minimum absolute atomic E-state index is 0.104. The number of rotatable bonds is 5. The standard InChI is InChI=1S/C22H22N4O3S/c1-22(2,3)20(29)25-16-9-7-14(8-10-16)18(27)24-17-6-4-5-15(13-17)19(28)26-21-23-11-12-30-21/h4-13H,1-3H3,(H,24,27)(H,25,29)(H,23,26,28). The van der Waals surface area contributed by atoms with Crippen LogP contribution < -0.4 is 16.0 Å². The van der Waals surface area contributed by atoms with Crippen molar-refractivity contribution in [3.63, 3.8) is 0 Å². The number of nitrogens with zero attached hydrogens (tertiary/aromatic N) is 1. The van der Waals surface area contributed by atoms with Gasteiger partial charge in [0.25, 0.3) is 11.8 Å². The molecule has 0 bridgehead atoms. The maximum absolute atomic E-state index is 12.5. The van der Waals surface area contributed by atoms with Crippen LogP contribution in [-0.4, -0.2) is 22.7 Å². The van der Waals surface area contributed by atoms with E-state index in [2.05, 4.69) is 20.9 Å². The molecule has 3 rings (SSSR count). The largest absolute Gasteiger partial charge is 0.326 e. The number of hydrogen-bond acceptors (Lipinski definition) is 5. The van der Waals surface area contributed by atoms with Gasteiger partial charge in [-0.3, -0.25) is 19.7 Å². The van der Waals surface area contributed by atoms with Crippen LogP contribution in [0.25, 0.3) is 0 Å². The Hall–Kier alpha value is -3.52. The van der Waals surface area contributed by atoms with Gasteiger partial charge in [0.2, 0.25) is 5.91 Å². The van der Waals surface area contributed by atoms with Crippen molar-refractivity contribution in [3.05, 3.63) is 71.2 Å². The van der Waals surface area contributed by atoms with Crippen LogP contribution in [0.3, 0.4) is 0 Å². The first-order valence-electron chi connectivity index (χ1n) is 9.26. The number of nitrogens with one attached hydrogen (secondary N) is 3. The summed E-state index contributed by atoms with van der Waals surface area (Å²) in [5.74, 6) is -0.728. The molecule has 0 aliphatic rings. The van der Waals surface area contributed by atoms with Crippen LogP contribution in [0.1, 0.15) is 41.5 Å². The lowest BCUT2D eigenvalue weighted by atomic mass is 9.95. The van der Waals surface area contributed by atoms with Gasteiger partial charge in [-0.25, -0.2) is 4.98 Å². The lowest BCUT2D eigenvalue weighted by Gasteiger charge is -2.17. The van der Waals surface area contributed by atoms with E-state index in [4.69, 9.17) is 0 Å². The third-order valence-corrected chi connectivity index (χ3v) is 4.81. The van der Waals surface area contributed by atoms with Crippen molar-refractivity contribution >= 4 is 45.6 Å². The fourth-order valence-corrected chi connectivity index (χ4v) is 2.94. The fourth-order valence-electron chi connectivity index (χ4n) is 2.42. The van der Waals surface area contributed by atoms with Gasteiger partial charge in [-0.15, -0.1) is 11.3 Å². The smallest absolute Gasteiger partial charge is 0.257 e. The molecule has 0 aliphatic heterocycles. The lowest BCUT2D eigenvalue weighted by molar-refractivity contribution is -0.123. The number of benzene rings is 2. The molecule has 3 N–H and O–H groups in total. The molecule has 0 atom stereocenters. The maximum Gasteiger partial charge on any atom is 0.257 e. The van der Waals surface area contributed by atoms with Crippen molar-refractivity contribution < 1.29 is 14.4 Å². The summed E-state index contributed by atoms with van der Waals surface area (Å²) in [5, 5.41) is 10.6. The van der Waals surface area contributed by atoms with Gasteiger partial charge in [0.1, 0.15) is 0 Å². The van der Waals surface area contributed by atoms with Gasteiger partial charge in [0.05, 0.1) is 0 Å². The van der Waals surface area contributed by atoms with E-state index in [1.165, 1.54) is 11.3 Å². The Morgan fingerprint density at radius 3 is 2.17 bits per heavy atom. The average molecular weight is 423 g/mol. The second kappa shape index (κ2) is 8.87. The summed E-state index contributed by atoms with van der Waals surface area (Å²) >= 11 is 1.32. The maximum atomic E-state index is 12.5. The summed E-state index contributed by atoms with van der Waals surface area (Å²) in [6.45, 7) is 5.49. The van der Waals surface area contributed by atoms with Crippen LogP contribution in [0.2, 0.25) is 0 Å². The topological polar surface area (TPSA) is 100 Å². The second-order valence-corrected chi connectivity index (χ2v) is 8.50. The number of aromatic nitrogens is 1. The van der Waals surface area contributed by atoms with Gasteiger partial charge < -0.3 is 10.6 Å². The summed E-state index contributed by atoms with van der Waals surface area (Å²) < 4.78 is 0. The van der Waals surface area contributed by atoms with E-state index in [9.17, 15) is 14.4 Å². The average Bonchev–Trinajstić information content (AvgIpc) is 3.21. The number of carbonyl (C=O) groups excluding carboxylic acids is 3. The highest BCUT2D eigenvalue weighted by molar-refractivity contribution is 7.13. The number of thiazole rings is 1. The number of anilines is 3. The van der Waals surface area contributed by atoms with Crippen LogP contribution in [0.4, 0.5) is 16.5 Å². The molecule has 7 nitrogen and oxygen atoms in total. The highest BCUT2D eigenvalue weighted by atomic mass is 32.1. The van der Waals surface area contributed by atoms with Crippen LogP contribution in [0, 0.1) is 5.41 Å². The van der Waals surface area contributed by atoms with E-state index >= 15 is 0 Å². The summed E-state index contributed by atoms with van der Waals surface area (Å²) in [5.41, 5.74) is 1.45. The van der Waals surface area contributed by atoms with E-state index in [0.717, 1.165) is 0 Å². The lowest BCUT2D eigenvalue weighted by Crippen LogP contribution is -2.27. The normalized spacial score (nSPS) is 10.9. The Balaban J connectivity index is 1.64. The molecule has 3 amide bonds. The molecule has 8 heteroatoms. The molecule has 0 unspecified atom stereocenters. The van der Waals surface area contributed by atoms with Crippen molar-refractivity contribution in [2.24, 2.45) is 5.41 Å². The van der Waals surface area contributed by atoms with Gasteiger partial charge in [0, 0.05) is 39.5 Å². The molecule has 0 radical (unpaired) electrons. The van der Waals surface area contributed by atoms with E-state index in [0.29, 0.717) is 27.6 Å². The van der Waals surface area contributed by atoms with Crippen LogP contribution in [0.5, 0.6) is 0 Å². The van der Waals surface area contributed by atoms with E-state index in [1.807, 2.05) is 20.8 Å². The molecule has 3 aromatic rings. The highest BCUT2D eigenvalue weighted by Crippen LogP contribution is 2.19. The summed E-state index contributed by atoms with van der Waals surface area (Å²) in [6.07, 6.45) is 1.61. The van der Waals surface area contributed by atoms with Crippen LogP contribution in [0.15, 0.2) is 60.1 Å². The zero-order valence-electron chi connectivity index (χ0n) is 16.9. The summed E-state index contributed by atoms with van der Waals surface area (Å²) in [7, 11) is 0. The monoisotopic (exact) mass is 422 g/mol. The van der Waals surface area contributed by atoms with Gasteiger partial charge in [-0.2, -0.15) is 0 Å². The predicted octanol–water partition coefficient (Wildman–Crippen LogP) is 4.63. The predicted molar refractivity (Wildman–Crippen MR) is 119 cm³/mol. The third-order valence-electron chi connectivity index (χ3n) is 4.12. The fraction of sp³-hybridized carbons (Fsp3) is 0.182. The molecule has 0 aliphatic carbocycles. The Bertz CT molecular complexity index is 1050. The van der Waals surface area contributed by atoms with Crippen molar-refractivity contribution in [3.8, 4) is 0 Å². The molecular weight excluding hydrogens is 400 g/mol. The van der Waals surface area contributed by atoms with Gasteiger partial charge >= 0.3 is 0 Å². The second-order valence-electron chi connectivity index (χ2n) is 7.61. The molecule has 0 fully saturated rings. The zero-order valence-corrected chi connectivity index (χ0v) is 17.7. The molecule has 0 spiro atoms. The first-order chi connectivity index (χ1) is 14.2. The minimum atomic E-state index is -0.507. The molecule has 30 heavy (non-hydrogen) atoms. The molecule has 1 aromatic heterocycles. The Labute approximate surface area is 178 Å². The summed E-state index contributed by atoms with van der Waals surface area (Å²) in [6, 6.07) is 13.3. The third kappa shape index (κ3) is 5.51. The number of hydrogen-bond donors (Lipinski definition) is 3. The molecular formula is C22H22N4O3S. The van der Waals surface area contributed by atoms with E-state index in [1.54, 1.807) is 60.1 Å². The van der Waals surface area contributed by atoms with Crippen molar-refractivity contribution in [1.29, 1.82) is 0 Å². The van der Waals surface area contributed by atoms with Crippen LogP contribution >= 0.6 is 11.3 Å². The number of carbonyl (C=O) groups is 3. The first kappa shape index (κ1) is 21.2. The van der Waals surface area contributed by atoms with Crippen molar-refractivity contribution in [2.75, 3.05) is 16.0 Å². The minimum Gasteiger partial charge on any atom is -0.326 e. The quantitative estimate of drug-likeness (QED) is 0.558. The van der Waals surface area contributed by atoms with Crippen molar-refractivity contribution in [2.45, 2.75) is 20.8 Å². The highest BCUT2D eigenvalue weighted by Gasteiger charge is 2.21. The molecule has 0 saturated carbocycles. The molecule has 154 valence electrons. The van der Waals surface area contributed by atoms with E-state index < -0.39 is 5.41 Å². The Kier molecular flexibility index (Phi) is 6.27. The van der Waals surface area contributed by atoms with Crippen molar-refractivity contribution in [1.82, 2.24) is 4.98 Å². The first-order valence-corrected chi connectivity index (χ1v) is 10.1. The Morgan fingerprint density at radius 1 is 0.833 bits per heavy atom. The van der Waals surface area contributed by atoms with Crippen LogP contribution in [-0.2, 0) is 4.79 Å². The number of amides is 3.